The van der Waals surface area contributed by atoms with Gasteiger partial charge < -0.3 is 15.1 Å². The third-order valence-corrected chi connectivity index (χ3v) is 3.19. The molecular weight excluding hydrogens is 250 g/mol. The number of aliphatic carboxylic acids is 1. The number of rotatable bonds is 4. The zero-order chi connectivity index (χ0) is 14.1. The lowest BCUT2D eigenvalue weighted by molar-refractivity contribution is -0.137. The largest absolute Gasteiger partial charge is 0.483 e. The molecule has 7 nitrogen and oxygen atoms in total. The molecule has 1 fully saturated rings. The molecule has 0 saturated carbocycles. The molecule has 0 aliphatic carbocycles. The predicted octanol–water partition coefficient (Wildman–Crippen LogP) is 0.765. The standard InChI is InChI=1S/C11H17N3O2.CH2O2/c15-11(16)4-8-14-6-2-9(3-7-14)10-1-5-12-13-10;2-1-3/h1,5,9H,2-4,6-8H2,(H,12,13)(H,15,16);1H,(H,2,3). The summed E-state index contributed by atoms with van der Waals surface area (Å²) in [6, 6.07) is 2.03. The van der Waals surface area contributed by atoms with Crippen LogP contribution < -0.4 is 0 Å². The van der Waals surface area contributed by atoms with Gasteiger partial charge in [0.15, 0.2) is 0 Å². The lowest BCUT2D eigenvalue weighted by Crippen LogP contribution is -2.34. The van der Waals surface area contributed by atoms with Crippen molar-refractivity contribution in [2.45, 2.75) is 25.2 Å². The normalized spacial score (nSPS) is 16.4. The van der Waals surface area contributed by atoms with Gasteiger partial charge in [0.2, 0.25) is 0 Å². The third-order valence-electron chi connectivity index (χ3n) is 3.19. The highest BCUT2D eigenvalue weighted by Crippen LogP contribution is 2.26. The number of hydrogen-bond donors (Lipinski definition) is 3. The van der Waals surface area contributed by atoms with Gasteiger partial charge in [-0.05, 0) is 32.0 Å². The van der Waals surface area contributed by atoms with E-state index in [0.29, 0.717) is 12.5 Å². The van der Waals surface area contributed by atoms with Gasteiger partial charge >= 0.3 is 5.97 Å². The zero-order valence-electron chi connectivity index (χ0n) is 10.7. The van der Waals surface area contributed by atoms with Gasteiger partial charge in [0.25, 0.3) is 6.47 Å². The molecule has 2 heterocycles. The van der Waals surface area contributed by atoms with Crippen LogP contribution in [0, 0.1) is 0 Å². The van der Waals surface area contributed by atoms with Gasteiger partial charge in [-0.1, -0.05) is 0 Å². The van der Waals surface area contributed by atoms with E-state index in [4.69, 9.17) is 15.0 Å². The summed E-state index contributed by atoms with van der Waals surface area (Å²) in [5.74, 6) is -0.153. The van der Waals surface area contributed by atoms with E-state index >= 15 is 0 Å². The molecule has 0 amide bonds. The average Bonchev–Trinajstić information content (AvgIpc) is 2.92. The minimum atomic E-state index is -0.712. The van der Waals surface area contributed by atoms with E-state index in [1.165, 1.54) is 5.69 Å². The summed E-state index contributed by atoms with van der Waals surface area (Å²) in [6.45, 7) is 2.39. The topological polar surface area (TPSA) is 107 Å². The monoisotopic (exact) mass is 269 g/mol. The first kappa shape index (κ1) is 15.2. The van der Waals surface area contributed by atoms with E-state index in [1.54, 1.807) is 6.20 Å². The number of piperidine rings is 1. The summed E-state index contributed by atoms with van der Waals surface area (Å²) in [5.41, 5.74) is 1.21. The lowest BCUT2D eigenvalue weighted by atomic mass is 9.93. The Morgan fingerprint density at radius 3 is 2.63 bits per heavy atom. The fraction of sp³-hybridized carbons (Fsp3) is 0.583. The van der Waals surface area contributed by atoms with Crippen molar-refractivity contribution in [3.8, 4) is 0 Å². The maximum Gasteiger partial charge on any atom is 0.304 e. The van der Waals surface area contributed by atoms with E-state index < -0.39 is 5.97 Å². The molecule has 7 heteroatoms. The molecule has 1 aromatic rings. The number of nitrogens with zero attached hydrogens (tertiary/aromatic N) is 2. The molecule has 0 atom stereocenters. The first-order chi connectivity index (χ1) is 9.17. The molecule has 0 aromatic carbocycles. The molecule has 19 heavy (non-hydrogen) atoms. The van der Waals surface area contributed by atoms with Crippen molar-refractivity contribution in [1.29, 1.82) is 0 Å². The Morgan fingerprint density at radius 1 is 1.53 bits per heavy atom. The van der Waals surface area contributed by atoms with Crippen molar-refractivity contribution >= 4 is 12.4 Å². The van der Waals surface area contributed by atoms with Gasteiger partial charge in [-0.25, -0.2) is 0 Å². The van der Waals surface area contributed by atoms with Crippen molar-refractivity contribution in [3.05, 3.63) is 18.0 Å². The second-order valence-corrected chi connectivity index (χ2v) is 4.38. The molecule has 0 bridgehead atoms. The van der Waals surface area contributed by atoms with Crippen molar-refractivity contribution in [2.24, 2.45) is 0 Å². The van der Waals surface area contributed by atoms with Gasteiger partial charge in [-0.15, -0.1) is 0 Å². The Morgan fingerprint density at radius 2 is 2.16 bits per heavy atom. The Balaban J connectivity index is 0.000000550. The highest BCUT2D eigenvalue weighted by Gasteiger charge is 2.21. The van der Waals surface area contributed by atoms with Crippen LogP contribution in [0.5, 0.6) is 0 Å². The summed E-state index contributed by atoms with van der Waals surface area (Å²) in [4.78, 5) is 21.0. The first-order valence-corrected chi connectivity index (χ1v) is 6.18. The van der Waals surface area contributed by atoms with Gasteiger partial charge in [-0.2, -0.15) is 5.10 Å². The second-order valence-electron chi connectivity index (χ2n) is 4.38. The van der Waals surface area contributed by atoms with E-state index in [2.05, 4.69) is 15.1 Å². The number of hydrogen-bond acceptors (Lipinski definition) is 4. The number of carboxylic acid groups (broad SMARTS) is 2. The Bertz CT molecular complexity index is 372. The molecule has 1 aliphatic rings. The molecule has 1 aromatic heterocycles. The van der Waals surface area contributed by atoms with Gasteiger partial charge in [0.05, 0.1) is 6.42 Å². The van der Waals surface area contributed by atoms with E-state index in [-0.39, 0.29) is 12.9 Å². The van der Waals surface area contributed by atoms with Crippen LogP contribution in [-0.4, -0.2) is 57.4 Å². The molecule has 1 saturated heterocycles. The maximum atomic E-state index is 10.5. The molecular formula is C12H19N3O4. The Hall–Kier alpha value is -1.89. The molecule has 3 N–H and O–H groups in total. The van der Waals surface area contributed by atoms with Crippen molar-refractivity contribution < 1.29 is 19.8 Å². The van der Waals surface area contributed by atoms with Crippen LogP contribution in [0.1, 0.15) is 30.9 Å². The number of carboxylic acids is 1. The molecule has 1 aliphatic heterocycles. The molecule has 0 spiro atoms. The number of aromatic nitrogens is 2. The minimum absolute atomic E-state index is 0.245. The molecule has 106 valence electrons. The summed E-state index contributed by atoms with van der Waals surface area (Å²) in [6.07, 6.45) is 4.20. The fourth-order valence-electron chi connectivity index (χ4n) is 2.22. The number of aromatic amines is 1. The summed E-state index contributed by atoms with van der Waals surface area (Å²) < 4.78 is 0. The van der Waals surface area contributed by atoms with E-state index in [1.807, 2.05) is 6.07 Å². The van der Waals surface area contributed by atoms with Crippen LogP contribution in [0.2, 0.25) is 0 Å². The smallest absolute Gasteiger partial charge is 0.304 e. The van der Waals surface area contributed by atoms with Crippen LogP contribution in [0.25, 0.3) is 0 Å². The van der Waals surface area contributed by atoms with E-state index in [9.17, 15) is 4.79 Å². The fourth-order valence-corrected chi connectivity index (χ4v) is 2.22. The van der Waals surface area contributed by atoms with Crippen LogP contribution in [0.3, 0.4) is 0 Å². The number of H-pyrrole nitrogens is 1. The van der Waals surface area contributed by atoms with Crippen LogP contribution in [0.4, 0.5) is 0 Å². The average molecular weight is 269 g/mol. The molecule has 0 unspecified atom stereocenters. The quantitative estimate of drug-likeness (QED) is 0.697. The van der Waals surface area contributed by atoms with Crippen molar-refractivity contribution in [2.75, 3.05) is 19.6 Å². The number of carbonyl (C=O) groups is 2. The zero-order valence-corrected chi connectivity index (χ0v) is 10.7. The summed E-state index contributed by atoms with van der Waals surface area (Å²) in [7, 11) is 0. The van der Waals surface area contributed by atoms with Gasteiger partial charge in [0.1, 0.15) is 0 Å². The SMILES string of the molecule is O=C(O)CCN1CCC(c2ccn[nH]2)CC1.O=CO. The van der Waals surface area contributed by atoms with Gasteiger partial charge in [-0.3, -0.25) is 14.7 Å². The Labute approximate surface area is 111 Å². The van der Waals surface area contributed by atoms with Crippen LogP contribution >= 0.6 is 0 Å². The third kappa shape index (κ3) is 5.52. The first-order valence-electron chi connectivity index (χ1n) is 6.18. The second kappa shape index (κ2) is 8.25. The highest BCUT2D eigenvalue weighted by atomic mass is 16.4. The molecule has 2 rings (SSSR count). The van der Waals surface area contributed by atoms with Crippen LogP contribution in [-0.2, 0) is 9.59 Å². The van der Waals surface area contributed by atoms with Crippen molar-refractivity contribution in [3.63, 3.8) is 0 Å². The summed E-state index contributed by atoms with van der Waals surface area (Å²) >= 11 is 0. The predicted molar refractivity (Wildman–Crippen MR) is 67.9 cm³/mol. The summed E-state index contributed by atoms with van der Waals surface area (Å²) in [5, 5.41) is 22.5. The number of nitrogens with one attached hydrogen (secondary N) is 1. The highest BCUT2D eigenvalue weighted by molar-refractivity contribution is 5.66. The molecule has 0 radical (unpaired) electrons. The van der Waals surface area contributed by atoms with E-state index in [0.717, 1.165) is 25.9 Å². The van der Waals surface area contributed by atoms with Crippen molar-refractivity contribution in [1.82, 2.24) is 15.1 Å². The maximum absolute atomic E-state index is 10.5. The van der Waals surface area contributed by atoms with Gasteiger partial charge in [0, 0.05) is 24.4 Å². The number of likely N-dealkylation sites (tertiary alicyclic amines) is 1. The Kier molecular flexibility index (Phi) is 6.59. The minimum Gasteiger partial charge on any atom is -0.483 e. The lowest BCUT2D eigenvalue weighted by Gasteiger charge is -2.30. The van der Waals surface area contributed by atoms with Crippen LogP contribution in [0.15, 0.2) is 12.3 Å².